The number of benzene rings is 1. The Morgan fingerprint density at radius 3 is 2.53 bits per heavy atom. The fraction of sp³-hybridized carbons (Fsp3) is 0.600. The molecule has 0 spiro atoms. The van der Waals surface area contributed by atoms with Crippen LogP contribution in [0.2, 0.25) is 0 Å². The maximum Gasteiger partial charge on any atom is 0.0368 e. The summed E-state index contributed by atoms with van der Waals surface area (Å²) in [4.78, 5) is 2.51. The summed E-state index contributed by atoms with van der Waals surface area (Å²) in [5.41, 5.74) is 2.75. The molecule has 17 heavy (non-hydrogen) atoms. The average Bonchev–Trinajstić information content (AvgIpc) is 2.73. The predicted molar refractivity (Wildman–Crippen MR) is 74.5 cm³/mol. The van der Waals surface area contributed by atoms with E-state index >= 15 is 0 Å². The summed E-state index contributed by atoms with van der Waals surface area (Å²) < 4.78 is 0. The van der Waals surface area contributed by atoms with Gasteiger partial charge in [-0.2, -0.15) is 0 Å². The van der Waals surface area contributed by atoms with Crippen LogP contribution in [0.3, 0.4) is 0 Å². The summed E-state index contributed by atoms with van der Waals surface area (Å²) in [7, 11) is 0. The summed E-state index contributed by atoms with van der Waals surface area (Å²) >= 11 is 0. The molecule has 1 heterocycles. The second-order valence-electron chi connectivity index (χ2n) is 5.39. The van der Waals surface area contributed by atoms with Crippen molar-refractivity contribution in [3.8, 4) is 0 Å². The highest BCUT2D eigenvalue weighted by Crippen LogP contribution is 2.25. The van der Waals surface area contributed by atoms with Crippen molar-refractivity contribution in [1.29, 1.82) is 0 Å². The fourth-order valence-electron chi connectivity index (χ4n) is 2.44. The molecule has 1 fully saturated rings. The first-order chi connectivity index (χ1) is 8.16. The van der Waals surface area contributed by atoms with Crippen molar-refractivity contribution in [3.63, 3.8) is 0 Å². The molecule has 0 aliphatic carbocycles. The Morgan fingerprint density at radius 1 is 1.29 bits per heavy atom. The van der Waals surface area contributed by atoms with Crippen LogP contribution in [-0.4, -0.2) is 18.6 Å². The highest BCUT2D eigenvalue weighted by Gasteiger charge is 2.19. The second-order valence-corrected chi connectivity index (χ2v) is 5.39. The zero-order chi connectivity index (χ0) is 12.3. The topological polar surface area (TPSA) is 15.3 Å². The van der Waals surface area contributed by atoms with Gasteiger partial charge in [0, 0.05) is 30.9 Å². The summed E-state index contributed by atoms with van der Waals surface area (Å²) in [5, 5.41) is 3.45. The van der Waals surface area contributed by atoms with E-state index in [0.717, 1.165) is 6.54 Å². The maximum absolute atomic E-state index is 3.45. The molecule has 2 nitrogen and oxygen atoms in total. The molecule has 0 amide bonds. The normalized spacial score (nSPS) is 20.2. The van der Waals surface area contributed by atoms with E-state index in [1.807, 2.05) is 0 Å². The van der Waals surface area contributed by atoms with Crippen LogP contribution in [0.1, 0.15) is 39.2 Å². The van der Waals surface area contributed by atoms with Crippen LogP contribution in [0.5, 0.6) is 0 Å². The van der Waals surface area contributed by atoms with E-state index in [1.165, 1.54) is 30.6 Å². The summed E-state index contributed by atoms with van der Waals surface area (Å²) in [6.45, 7) is 8.86. The molecule has 1 N–H and O–H groups in total. The quantitative estimate of drug-likeness (QED) is 0.857. The van der Waals surface area contributed by atoms with Gasteiger partial charge in [-0.3, -0.25) is 0 Å². The first-order valence-corrected chi connectivity index (χ1v) is 6.76. The third-order valence-electron chi connectivity index (χ3n) is 3.54. The Morgan fingerprint density at radius 2 is 2.00 bits per heavy atom. The van der Waals surface area contributed by atoms with Gasteiger partial charge < -0.3 is 10.2 Å². The molecule has 94 valence electrons. The molecule has 0 radical (unpaired) electrons. The van der Waals surface area contributed by atoms with Crippen LogP contribution >= 0.6 is 0 Å². The van der Waals surface area contributed by atoms with Crippen LogP contribution in [0.15, 0.2) is 24.3 Å². The minimum absolute atomic E-state index is 0.549. The molecule has 0 saturated carbocycles. The third kappa shape index (κ3) is 3.22. The van der Waals surface area contributed by atoms with Crippen molar-refractivity contribution in [2.24, 2.45) is 0 Å². The third-order valence-corrected chi connectivity index (χ3v) is 3.54. The van der Waals surface area contributed by atoms with Gasteiger partial charge in [-0.1, -0.05) is 26.0 Å². The van der Waals surface area contributed by atoms with Crippen molar-refractivity contribution in [3.05, 3.63) is 29.8 Å². The van der Waals surface area contributed by atoms with Crippen LogP contribution < -0.4 is 10.2 Å². The van der Waals surface area contributed by atoms with E-state index in [2.05, 4.69) is 55.3 Å². The number of nitrogens with zero attached hydrogens (tertiary/aromatic N) is 1. The van der Waals surface area contributed by atoms with Gasteiger partial charge >= 0.3 is 0 Å². The number of hydrogen-bond donors (Lipinski definition) is 1. The molecule has 2 heteroatoms. The Balaban J connectivity index is 1.97. The Labute approximate surface area is 105 Å². The number of anilines is 1. The molecule has 1 atom stereocenters. The van der Waals surface area contributed by atoms with Gasteiger partial charge in [0.05, 0.1) is 0 Å². The molecule has 1 unspecified atom stereocenters. The monoisotopic (exact) mass is 232 g/mol. The number of rotatable bonds is 4. The Kier molecular flexibility index (Phi) is 4.06. The lowest BCUT2D eigenvalue weighted by Gasteiger charge is -2.24. The molecule has 1 aliphatic heterocycles. The van der Waals surface area contributed by atoms with Crippen molar-refractivity contribution < 1.29 is 0 Å². The lowest BCUT2D eigenvalue weighted by atomic mass is 10.1. The molecule has 0 aromatic heterocycles. The van der Waals surface area contributed by atoms with Gasteiger partial charge in [-0.25, -0.2) is 0 Å². The van der Waals surface area contributed by atoms with Gasteiger partial charge in [0.15, 0.2) is 0 Å². The fourth-order valence-corrected chi connectivity index (χ4v) is 2.44. The van der Waals surface area contributed by atoms with Crippen molar-refractivity contribution in [1.82, 2.24) is 5.32 Å². The zero-order valence-corrected chi connectivity index (χ0v) is 11.2. The first-order valence-electron chi connectivity index (χ1n) is 6.76. The van der Waals surface area contributed by atoms with Crippen LogP contribution in [0.25, 0.3) is 0 Å². The number of nitrogens with one attached hydrogen (secondary N) is 1. The van der Waals surface area contributed by atoms with Crippen molar-refractivity contribution in [2.45, 2.75) is 52.2 Å². The Bertz CT molecular complexity index is 342. The lowest BCUT2D eigenvalue weighted by molar-refractivity contribution is 0.589. The summed E-state index contributed by atoms with van der Waals surface area (Å²) in [5.74, 6) is 0. The predicted octanol–water partition coefficient (Wildman–Crippen LogP) is 3.17. The van der Waals surface area contributed by atoms with Crippen molar-refractivity contribution >= 4 is 5.69 Å². The van der Waals surface area contributed by atoms with E-state index < -0.39 is 0 Å². The SMILES string of the molecule is CC(C)NCc1ccc(N2CCCC2C)cc1. The highest BCUT2D eigenvalue weighted by molar-refractivity contribution is 5.49. The van der Waals surface area contributed by atoms with Crippen LogP contribution in [-0.2, 0) is 6.54 Å². The van der Waals surface area contributed by atoms with E-state index in [-0.39, 0.29) is 0 Å². The smallest absolute Gasteiger partial charge is 0.0368 e. The molecule has 2 rings (SSSR count). The first kappa shape index (κ1) is 12.4. The molecule has 1 aromatic carbocycles. The van der Waals surface area contributed by atoms with Gasteiger partial charge in [0.25, 0.3) is 0 Å². The Hall–Kier alpha value is -1.02. The zero-order valence-electron chi connectivity index (χ0n) is 11.2. The van der Waals surface area contributed by atoms with Crippen LogP contribution in [0, 0.1) is 0 Å². The lowest BCUT2D eigenvalue weighted by Crippen LogP contribution is -2.26. The van der Waals surface area contributed by atoms with Crippen molar-refractivity contribution in [2.75, 3.05) is 11.4 Å². The second kappa shape index (κ2) is 5.54. The number of hydrogen-bond acceptors (Lipinski definition) is 2. The van der Waals surface area contributed by atoms with E-state index in [1.54, 1.807) is 0 Å². The minimum Gasteiger partial charge on any atom is -0.369 e. The minimum atomic E-state index is 0.549. The van der Waals surface area contributed by atoms with E-state index in [0.29, 0.717) is 12.1 Å². The standard InChI is InChI=1S/C15H24N2/c1-12(2)16-11-14-6-8-15(9-7-14)17-10-4-5-13(17)3/h6-9,12-13,16H,4-5,10-11H2,1-3H3. The van der Waals surface area contributed by atoms with Gasteiger partial charge in [0.2, 0.25) is 0 Å². The molecule has 1 aromatic rings. The maximum atomic E-state index is 3.45. The summed E-state index contributed by atoms with van der Waals surface area (Å²) in [6, 6.07) is 10.3. The molecule has 1 saturated heterocycles. The van der Waals surface area contributed by atoms with Gasteiger partial charge in [0.1, 0.15) is 0 Å². The molecule has 0 bridgehead atoms. The molecular weight excluding hydrogens is 208 g/mol. The van der Waals surface area contributed by atoms with E-state index in [9.17, 15) is 0 Å². The highest BCUT2D eigenvalue weighted by atomic mass is 15.2. The molecule has 1 aliphatic rings. The van der Waals surface area contributed by atoms with Crippen LogP contribution in [0.4, 0.5) is 5.69 Å². The largest absolute Gasteiger partial charge is 0.369 e. The van der Waals surface area contributed by atoms with Gasteiger partial charge in [-0.15, -0.1) is 0 Å². The van der Waals surface area contributed by atoms with E-state index in [4.69, 9.17) is 0 Å². The van der Waals surface area contributed by atoms with Gasteiger partial charge in [-0.05, 0) is 37.5 Å². The summed E-state index contributed by atoms with van der Waals surface area (Å²) in [6.07, 6.45) is 2.66. The average molecular weight is 232 g/mol. The molecular formula is C15H24N2.